The van der Waals surface area contributed by atoms with Crippen molar-refractivity contribution >= 4 is 5.91 Å². The van der Waals surface area contributed by atoms with Crippen molar-refractivity contribution in [2.75, 3.05) is 0 Å². The largest absolute Gasteiger partial charge is 0.366 e. The molecule has 0 saturated carbocycles. The molecule has 2 rings (SSSR count). The van der Waals surface area contributed by atoms with Gasteiger partial charge in [0, 0.05) is 18.0 Å². The molecule has 0 aromatic heterocycles. The molecule has 0 bridgehead atoms. The molecular formula is C16H18N2O. The Balaban J connectivity index is 2.43. The number of carbonyl (C=O) groups excluding carboxylic acids is 1. The number of nitrogens with two attached hydrogens (primary N) is 2. The fraction of sp³-hybridized carbons (Fsp3) is 0.188. The predicted octanol–water partition coefficient (Wildman–Crippen LogP) is 2.40. The van der Waals surface area contributed by atoms with E-state index in [0.29, 0.717) is 12.1 Å². The Morgan fingerprint density at radius 3 is 2.58 bits per heavy atom. The molecule has 0 aliphatic rings. The van der Waals surface area contributed by atoms with Gasteiger partial charge in [0.1, 0.15) is 0 Å². The van der Waals surface area contributed by atoms with E-state index in [4.69, 9.17) is 11.5 Å². The third kappa shape index (κ3) is 2.83. The van der Waals surface area contributed by atoms with E-state index in [0.717, 1.165) is 16.7 Å². The lowest BCUT2D eigenvalue weighted by Crippen LogP contribution is -2.15. The number of amides is 1. The average Bonchev–Trinajstić information content (AvgIpc) is 2.46. The van der Waals surface area contributed by atoms with E-state index in [9.17, 15) is 4.79 Å². The third-order valence-electron chi connectivity index (χ3n) is 3.38. The van der Waals surface area contributed by atoms with Gasteiger partial charge in [0.15, 0.2) is 0 Å². The molecule has 3 heteroatoms. The molecule has 0 aliphatic heterocycles. The lowest BCUT2D eigenvalue weighted by atomic mass is 9.88. The summed E-state index contributed by atoms with van der Waals surface area (Å²) in [5.41, 5.74) is 14.8. The van der Waals surface area contributed by atoms with Gasteiger partial charge in [-0.25, -0.2) is 0 Å². The van der Waals surface area contributed by atoms with Crippen molar-refractivity contribution in [1.82, 2.24) is 0 Å². The van der Waals surface area contributed by atoms with Crippen LogP contribution in [0.5, 0.6) is 0 Å². The Hall–Kier alpha value is -2.13. The summed E-state index contributed by atoms with van der Waals surface area (Å²) >= 11 is 0. The van der Waals surface area contributed by atoms with Crippen LogP contribution in [-0.4, -0.2) is 5.91 Å². The molecule has 98 valence electrons. The van der Waals surface area contributed by atoms with Gasteiger partial charge in [0.25, 0.3) is 0 Å². The summed E-state index contributed by atoms with van der Waals surface area (Å²) in [6, 6.07) is 15.6. The third-order valence-corrected chi connectivity index (χ3v) is 3.38. The van der Waals surface area contributed by atoms with Crippen molar-refractivity contribution in [3.05, 3.63) is 70.8 Å². The van der Waals surface area contributed by atoms with Gasteiger partial charge in [0.2, 0.25) is 5.91 Å². The molecule has 4 N–H and O–H groups in total. The van der Waals surface area contributed by atoms with Crippen LogP contribution >= 0.6 is 0 Å². The van der Waals surface area contributed by atoms with Crippen LogP contribution in [0, 0.1) is 0 Å². The second-order valence-corrected chi connectivity index (χ2v) is 4.62. The van der Waals surface area contributed by atoms with E-state index < -0.39 is 5.91 Å². The van der Waals surface area contributed by atoms with Crippen LogP contribution in [0.25, 0.3) is 0 Å². The van der Waals surface area contributed by atoms with Crippen LogP contribution < -0.4 is 11.5 Å². The van der Waals surface area contributed by atoms with Gasteiger partial charge in [0.05, 0.1) is 0 Å². The number of rotatable bonds is 4. The van der Waals surface area contributed by atoms with Crippen LogP contribution in [0.2, 0.25) is 0 Å². The minimum atomic E-state index is -0.391. The summed E-state index contributed by atoms with van der Waals surface area (Å²) in [4.78, 5) is 11.5. The van der Waals surface area contributed by atoms with Crippen LogP contribution in [0.4, 0.5) is 0 Å². The number of benzene rings is 2. The molecule has 1 atom stereocenters. The quantitative estimate of drug-likeness (QED) is 0.879. The SMILES string of the molecule is CC(c1cccc(CN)c1)c1ccccc1C(N)=O. The van der Waals surface area contributed by atoms with Crippen molar-refractivity contribution in [2.24, 2.45) is 11.5 Å². The maximum atomic E-state index is 11.5. The maximum absolute atomic E-state index is 11.5. The number of hydrogen-bond donors (Lipinski definition) is 2. The minimum Gasteiger partial charge on any atom is -0.366 e. The molecule has 0 fully saturated rings. The summed E-state index contributed by atoms with van der Waals surface area (Å²) in [5, 5.41) is 0. The Kier molecular flexibility index (Phi) is 3.97. The second kappa shape index (κ2) is 5.67. The highest BCUT2D eigenvalue weighted by Crippen LogP contribution is 2.27. The fourth-order valence-corrected chi connectivity index (χ4v) is 2.27. The molecular weight excluding hydrogens is 236 g/mol. The summed E-state index contributed by atoms with van der Waals surface area (Å²) < 4.78 is 0. The summed E-state index contributed by atoms with van der Waals surface area (Å²) in [7, 11) is 0. The van der Waals surface area contributed by atoms with Gasteiger partial charge < -0.3 is 11.5 Å². The highest BCUT2D eigenvalue weighted by atomic mass is 16.1. The van der Waals surface area contributed by atoms with Crippen molar-refractivity contribution in [1.29, 1.82) is 0 Å². The second-order valence-electron chi connectivity index (χ2n) is 4.62. The van der Waals surface area contributed by atoms with Gasteiger partial charge in [-0.1, -0.05) is 49.4 Å². The lowest BCUT2D eigenvalue weighted by Gasteiger charge is -2.16. The maximum Gasteiger partial charge on any atom is 0.248 e. The monoisotopic (exact) mass is 254 g/mol. The molecule has 2 aromatic carbocycles. The molecule has 2 aromatic rings. The van der Waals surface area contributed by atoms with Gasteiger partial charge >= 0.3 is 0 Å². The van der Waals surface area contributed by atoms with Crippen LogP contribution in [-0.2, 0) is 6.54 Å². The molecule has 0 aliphatic carbocycles. The zero-order valence-corrected chi connectivity index (χ0v) is 11.0. The molecule has 1 amide bonds. The van der Waals surface area contributed by atoms with E-state index in [-0.39, 0.29) is 5.92 Å². The first kappa shape index (κ1) is 13.3. The first-order chi connectivity index (χ1) is 9.13. The Morgan fingerprint density at radius 2 is 1.89 bits per heavy atom. The molecule has 3 nitrogen and oxygen atoms in total. The zero-order chi connectivity index (χ0) is 13.8. The summed E-state index contributed by atoms with van der Waals surface area (Å²) in [6.45, 7) is 2.58. The standard InChI is InChI=1S/C16H18N2O/c1-11(13-6-4-5-12(9-13)10-17)14-7-2-3-8-15(14)16(18)19/h2-9,11H,10,17H2,1H3,(H2,18,19). The van der Waals surface area contributed by atoms with Gasteiger partial charge in [-0.15, -0.1) is 0 Å². The van der Waals surface area contributed by atoms with E-state index in [2.05, 4.69) is 13.0 Å². The zero-order valence-electron chi connectivity index (χ0n) is 11.0. The van der Waals surface area contributed by atoms with Crippen molar-refractivity contribution < 1.29 is 4.79 Å². The molecule has 1 unspecified atom stereocenters. The van der Waals surface area contributed by atoms with Crippen molar-refractivity contribution in [3.63, 3.8) is 0 Å². The van der Waals surface area contributed by atoms with Gasteiger partial charge in [-0.3, -0.25) is 4.79 Å². The summed E-state index contributed by atoms with van der Waals surface area (Å²) in [6.07, 6.45) is 0. The van der Waals surface area contributed by atoms with E-state index in [1.807, 2.05) is 36.4 Å². The van der Waals surface area contributed by atoms with Crippen molar-refractivity contribution in [2.45, 2.75) is 19.4 Å². The van der Waals surface area contributed by atoms with E-state index in [1.165, 1.54) is 0 Å². The predicted molar refractivity (Wildman–Crippen MR) is 76.8 cm³/mol. The molecule has 0 spiro atoms. The Labute approximate surface area is 113 Å². The van der Waals surface area contributed by atoms with Crippen LogP contribution in [0.1, 0.15) is 39.9 Å². The van der Waals surface area contributed by atoms with Crippen LogP contribution in [0.3, 0.4) is 0 Å². The molecule has 0 saturated heterocycles. The van der Waals surface area contributed by atoms with Gasteiger partial charge in [-0.2, -0.15) is 0 Å². The first-order valence-electron chi connectivity index (χ1n) is 6.31. The molecule has 19 heavy (non-hydrogen) atoms. The van der Waals surface area contributed by atoms with Crippen molar-refractivity contribution in [3.8, 4) is 0 Å². The number of hydrogen-bond acceptors (Lipinski definition) is 2. The smallest absolute Gasteiger partial charge is 0.248 e. The highest BCUT2D eigenvalue weighted by molar-refractivity contribution is 5.94. The topological polar surface area (TPSA) is 69.1 Å². The highest BCUT2D eigenvalue weighted by Gasteiger charge is 2.15. The Bertz CT molecular complexity index is 593. The number of primary amides is 1. The number of carbonyl (C=O) groups is 1. The van der Waals surface area contributed by atoms with Gasteiger partial charge in [-0.05, 0) is 22.8 Å². The molecule has 0 radical (unpaired) electrons. The Morgan fingerprint density at radius 1 is 1.16 bits per heavy atom. The average molecular weight is 254 g/mol. The van der Waals surface area contributed by atoms with Crippen LogP contribution in [0.15, 0.2) is 48.5 Å². The lowest BCUT2D eigenvalue weighted by molar-refractivity contribution is 0.0999. The summed E-state index contributed by atoms with van der Waals surface area (Å²) in [5.74, 6) is -0.285. The normalized spacial score (nSPS) is 12.1. The van der Waals surface area contributed by atoms with E-state index in [1.54, 1.807) is 6.07 Å². The minimum absolute atomic E-state index is 0.107. The molecule has 0 heterocycles. The first-order valence-corrected chi connectivity index (χ1v) is 6.31. The van der Waals surface area contributed by atoms with E-state index >= 15 is 0 Å². The fourth-order valence-electron chi connectivity index (χ4n) is 2.27.